The Morgan fingerprint density at radius 1 is 1.07 bits per heavy atom. The molecule has 0 atom stereocenters. The Hall–Kier alpha value is -1.02. The average Bonchev–Trinajstić information content (AvgIpc) is 2.24. The number of benzene rings is 1. The molecule has 0 saturated carbocycles. The second kappa shape index (κ2) is 12.0. The number of hydrogen-bond acceptors (Lipinski definition) is 2. The van der Waals surface area contributed by atoms with Crippen molar-refractivity contribution in [2.75, 3.05) is 0 Å². The van der Waals surface area contributed by atoms with Crippen molar-refractivity contribution in [1.29, 1.82) is 0 Å². The first-order valence-electron chi connectivity index (χ1n) is 4.71. The lowest BCUT2D eigenvalue weighted by molar-refractivity contribution is 0.225. The first-order chi connectivity index (χ1) is 6.79. The minimum atomic E-state index is -0.814. The largest absolute Gasteiger partial charge is 0.415 e. The van der Waals surface area contributed by atoms with E-state index in [2.05, 4.69) is 4.74 Å². The lowest BCUT2D eigenvalue weighted by Crippen LogP contribution is -1.94. The number of rotatable bonds is 1. The average molecular weight is 217 g/mol. The number of hydrogen-bond donors (Lipinski definition) is 0. The van der Waals surface area contributed by atoms with E-state index in [9.17, 15) is 4.79 Å². The zero-order chi connectivity index (χ0) is 11.4. The van der Waals surface area contributed by atoms with Gasteiger partial charge in [0.1, 0.15) is 5.75 Å². The van der Waals surface area contributed by atoms with E-state index < -0.39 is 5.43 Å². The predicted molar refractivity (Wildman–Crippen MR) is 61.0 cm³/mol. The van der Waals surface area contributed by atoms with E-state index in [1.807, 2.05) is 33.8 Å². The first-order valence-corrected chi connectivity index (χ1v) is 5.09. The molecule has 0 amide bonds. The molecule has 0 unspecified atom stereocenters. The van der Waals surface area contributed by atoms with Crippen molar-refractivity contribution in [3.63, 3.8) is 0 Å². The molecular formula is C11H17ClO2. The summed E-state index contributed by atoms with van der Waals surface area (Å²) in [6.45, 7) is 8.00. The van der Waals surface area contributed by atoms with Crippen LogP contribution in [0.25, 0.3) is 0 Å². The van der Waals surface area contributed by atoms with Crippen LogP contribution in [0.2, 0.25) is 0 Å². The number of carbonyl (C=O) groups excluding carboxylic acids is 1. The van der Waals surface area contributed by atoms with Crippen LogP contribution in [0.4, 0.5) is 4.79 Å². The molecule has 0 saturated heterocycles. The van der Waals surface area contributed by atoms with Gasteiger partial charge in [-0.1, -0.05) is 45.9 Å². The van der Waals surface area contributed by atoms with Gasteiger partial charge >= 0.3 is 5.43 Å². The summed E-state index contributed by atoms with van der Waals surface area (Å²) in [5.41, 5.74) is -0.814. The van der Waals surface area contributed by atoms with Crippen molar-refractivity contribution in [1.82, 2.24) is 0 Å². The van der Waals surface area contributed by atoms with Crippen LogP contribution >= 0.6 is 11.6 Å². The van der Waals surface area contributed by atoms with Gasteiger partial charge < -0.3 is 4.74 Å². The van der Waals surface area contributed by atoms with Gasteiger partial charge in [-0.05, 0) is 12.1 Å². The van der Waals surface area contributed by atoms with Crippen LogP contribution in [-0.2, 0) is 0 Å². The lowest BCUT2D eigenvalue weighted by atomic mass is 10.3. The smallest absolute Gasteiger partial charge is 0.409 e. The van der Waals surface area contributed by atoms with Crippen molar-refractivity contribution >= 4 is 17.0 Å². The number of halogens is 1. The van der Waals surface area contributed by atoms with Gasteiger partial charge in [0.2, 0.25) is 0 Å². The van der Waals surface area contributed by atoms with Crippen molar-refractivity contribution in [3.05, 3.63) is 30.3 Å². The number of para-hydroxylation sites is 1. The van der Waals surface area contributed by atoms with Crippen LogP contribution < -0.4 is 4.74 Å². The zero-order valence-electron chi connectivity index (χ0n) is 9.08. The molecule has 3 heteroatoms. The molecule has 0 N–H and O–H groups in total. The summed E-state index contributed by atoms with van der Waals surface area (Å²) in [5, 5.41) is 0. The summed E-state index contributed by atoms with van der Waals surface area (Å²) in [6, 6.07) is 8.65. The van der Waals surface area contributed by atoms with E-state index in [1.165, 1.54) is 0 Å². The minimum absolute atomic E-state index is 0.461. The number of ether oxygens (including phenoxy) is 1. The van der Waals surface area contributed by atoms with Crippen LogP contribution in [0.1, 0.15) is 27.7 Å². The van der Waals surface area contributed by atoms with Crippen molar-refractivity contribution in [2.24, 2.45) is 0 Å². The highest BCUT2D eigenvalue weighted by Gasteiger charge is 1.95. The summed E-state index contributed by atoms with van der Waals surface area (Å²) >= 11 is 4.95. The third-order valence-corrected chi connectivity index (χ3v) is 1.02. The van der Waals surface area contributed by atoms with Gasteiger partial charge in [-0.25, -0.2) is 4.79 Å². The van der Waals surface area contributed by atoms with Gasteiger partial charge in [0.15, 0.2) is 0 Å². The fraction of sp³-hybridized carbons (Fsp3) is 0.364. The van der Waals surface area contributed by atoms with Crippen LogP contribution in [0.5, 0.6) is 5.75 Å². The maximum Gasteiger partial charge on any atom is 0.409 e. The van der Waals surface area contributed by atoms with Crippen molar-refractivity contribution in [2.45, 2.75) is 27.7 Å². The standard InChI is InChI=1S/C7H5ClO2.2C2H6/c8-7(9)10-6-4-2-1-3-5-6;2*1-2/h1-5H;2*1-2H3. The molecule has 1 aromatic carbocycles. The first kappa shape index (κ1) is 15.5. The third kappa shape index (κ3) is 9.07. The van der Waals surface area contributed by atoms with E-state index in [4.69, 9.17) is 11.6 Å². The van der Waals surface area contributed by atoms with Crippen LogP contribution in [-0.4, -0.2) is 5.43 Å². The Morgan fingerprint density at radius 2 is 1.50 bits per heavy atom. The van der Waals surface area contributed by atoms with Gasteiger partial charge in [-0.3, -0.25) is 0 Å². The molecule has 0 aromatic heterocycles. The summed E-state index contributed by atoms with van der Waals surface area (Å²) in [7, 11) is 0. The molecule has 0 fully saturated rings. The predicted octanol–water partition coefficient (Wildman–Crippen LogP) is 4.48. The molecule has 2 nitrogen and oxygen atoms in total. The Bertz CT molecular complexity index is 222. The lowest BCUT2D eigenvalue weighted by Gasteiger charge is -1.95. The van der Waals surface area contributed by atoms with E-state index in [1.54, 1.807) is 24.3 Å². The molecule has 0 aliphatic heterocycles. The quantitative estimate of drug-likeness (QED) is 0.648. The van der Waals surface area contributed by atoms with Gasteiger partial charge in [0, 0.05) is 11.6 Å². The maximum atomic E-state index is 10.2. The molecule has 0 spiro atoms. The van der Waals surface area contributed by atoms with E-state index in [0.717, 1.165) is 0 Å². The highest BCUT2D eigenvalue weighted by Crippen LogP contribution is 2.09. The Labute approximate surface area is 90.8 Å². The molecule has 0 aliphatic carbocycles. The minimum Gasteiger partial charge on any atom is -0.415 e. The van der Waals surface area contributed by atoms with E-state index in [-0.39, 0.29) is 0 Å². The van der Waals surface area contributed by atoms with E-state index in [0.29, 0.717) is 5.75 Å². The van der Waals surface area contributed by atoms with Crippen molar-refractivity contribution in [3.8, 4) is 5.75 Å². The summed E-state index contributed by atoms with van der Waals surface area (Å²) in [4.78, 5) is 10.2. The second-order valence-electron chi connectivity index (χ2n) is 1.65. The normalized spacial score (nSPS) is 7.21. The van der Waals surface area contributed by atoms with E-state index >= 15 is 0 Å². The fourth-order valence-corrected chi connectivity index (χ4v) is 0.670. The molecule has 1 rings (SSSR count). The Morgan fingerprint density at radius 3 is 1.86 bits per heavy atom. The molecule has 14 heavy (non-hydrogen) atoms. The summed E-state index contributed by atoms with van der Waals surface area (Å²) in [5.74, 6) is 0.461. The molecule has 0 radical (unpaired) electrons. The maximum absolute atomic E-state index is 10.2. The molecule has 80 valence electrons. The highest BCUT2D eigenvalue weighted by molar-refractivity contribution is 6.61. The SMILES string of the molecule is CC.CC.O=C(Cl)Oc1ccccc1. The van der Waals surface area contributed by atoms with Gasteiger partial charge in [-0.2, -0.15) is 0 Å². The van der Waals surface area contributed by atoms with Crippen LogP contribution in [0, 0.1) is 0 Å². The van der Waals surface area contributed by atoms with Crippen LogP contribution in [0.3, 0.4) is 0 Å². The summed E-state index contributed by atoms with van der Waals surface area (Å²) < 4.78 is 4.54. The fourth-order valence-electron chi connectivity index (χ4n) is 0.581. The third-order valence-electron chi connectivity index (χ3n) is 0.941. The van der Waals surface area contributed by atoms with Gasteiger partial charge in [0.25, 0.3) is 0 Å². The Kier molecular flexibility index (Phi) is 13.2. The number of carbonyl (C=O) groups is 1. The second-order valence-corrected chi connectivity index (χ2v) is 1.96. The molecule has 0 aliphatic rings. The van der Waals surface area contributed by atoms with Gasteiger partial charge in [-0.15, -0.1) is 0 Å². The zero-order valence-corrected chi connectivity index (χ0v) is 9.84. The molecule has 1 aromatic rings. The molecule has 0 bridgehead atoms. The Balaban J connectivity index is 0. The van der Waals surface area contributed by atoms with Crippen molar-refractivity contribution < 1.29 is 9.53 Å². The highest BCUT2D eigenvalue weighted by atomic mass is 35.5. The molecule has 0 heterocycles. The molecular weight excluding hydrogens is 200 g/mol. The monoisotopic (exact) mass is 216 g/mol. The topological polar surface area (TPSA) is 26.3 Å². The van der Waals surface area contributed by atoms with Gasteiger partial charge in [0.05, 0.1) is 0 Å². The summed E-state index contributed by atoms with van der Waals surface area (Å²) in [6.07, 6.45) is 0. The van der Waals surface area contributed by atoms with Crippen LogP contribution in [0.15, 0.2) is 30.3 Å².